The molecule has 4 aromatic rings. The van der Waals surface area contributed by atoms with Gasteiger partial charge < -0.3 is 19.5 Å². The molecule has 3 aromatic carbocycles. The van der Waals surface area contributed by atoms with E-state index in [2.05, 4.69) is 15.3 Å². The summed E-state index contributed by atoms with van der Waals surface area (Å²) >= 11 is 0. The molecule has 1 amide bonds. The average molecular weight is 503 g/mol. The van der Waals surface area contributed by atoms with Gasteiger partial charge >= 0.3 is 0 Å². The number of carbonyl (C=O) groups is 1. The first kappa shape index (κ1) is 24.3. The summed E-state index contributed by atoms with van der Waals surface area (Å²) < 4.78 is 32.6. The van der Waals surface area contributed by atoms with Gasteiger partial charge in [0.15, 0.2) is 17.3 Å². The smallest absolute Gasteiger partial charge is 0.258 e. The van der Waals surface area contributed by atoms with E-state index >= 15 is 4.48 Å². The number of anilines is 2. The highest BCUT2D eigenvalue weighted by Gasteiger charge is 2.39. The molecule has 1 aliphatic heterocycles. The van der Waals surface area contributed by atoms with E-state index < -0.39 is 12.0 Å². The highest BCUT2D eigenvalue weighted by molar-refractivity contribution is 5.95. The molecule has 9 heteroatoms. The fraction of sp³-hybridized carbons (Fsp3) is 0.250. The summed E-state index contributed by atoms with van der Waals surface area (Å²) in [5, 5.41) is 3.52. The number of hydrogen-bond acceptors (Lipinski definition) is 7. The van der Waals surface area contributed by atoms with Crippen molar-refractivity contribution >= 4 is 28.4 Å². The number of aryl methyl sites for hydroxylation is 1. The van der Waals surface area contributed by atoms with Crippen molar-refractivity contribution in [3.63, 3.8) is 0 Å². The number of carbonyl (C=O) groups excluding carboxylic acids is 1. The number of nitrogens with one attached hydrogen (secondary N) is 1. The first-order chi connectivity index (χ1) is 18.0. The number of hydrogen-bond donors (Lipinski definition) is 1. The van der Waals surface area contributed by atoms with E-state index in [1.165, 1.54) is 21.3 Å². The van der Waals surface area contributed by atoms with Gasteiger partial charge in [-0.05, 0) is 42.2 Å². The summed E-state index contributed by atoms with van der Waals surface area (Å²) in [4.78, 5) is 22.8. The molecule has 8 nitrogen and oxygen atoms in total. The minimum absolute atomic E-state index is 0.187. The molecule has 1 aromatic heterocycles. The van der Waals surface area contributed by atoms with Crippen LogP contribution >= 0.6 is 0 Å². The Bertz CT molecular complexity index is 1430. The molecule has 2 unspecified atom stereocenters. The first-order valence-corrected chi connectivity index (χ1v) is 11.9. The standard InChI is InChI=1S/C28H27FN4O4/c1-35-23-15-18-13-14-19(25(17-9-5-4-6-10-17)33(29)22(18)16-24(23)36-2)27(34)32-26-28(37-3)31-21-12-8-7-11-20(21)30-26/h4-12,15-16,19,25H,13-14H2,1-3H3,(H,30,32,34). The van der Waals surface area contributed by atoms with Gasteiger partial charge in [0, 0.05) is 6.07 Å². The Morgan fingerprint density at radius 1 is 0.919 bits per heavy atom. The molecule has 0 saturated heterocycles. The molecule has 0 saturated carbocycles. The maximum absolute atomic E-state index is 16.3. The summed E-state index contributed by atoms with van der Waals surface area (Å²) in [5.41, 5.74) is 2.98. The Labute approximate surface area is 213 Å². The minimum Gasteiger partial charge on any atom is -0.493 e. The van der Waals surface area contributed by atoms with Gasteiger partial charge in [0.05, 0.1) is 50.0 Å². The van der Waals surface area contributed by atoms with Crippen molar-refractivity contribution in [2.75, 3.05) is 31.8 Å². The van der Waals surface area contributed by atoms with E-state index in [0.717, 1.165) is 5.56 Å². The monoisotopic (exact) mass is 502 g/mol. The van der Waals surface area contributed by atoms with E-state index in [-0.39, 0.29) is 17.6 Å². The molecule has 190 valence electrons. The number of halogens is 1. The van der Waals surface area contributed by atoms with Crippen molar-refractivity contribution in [3.05, 3.63) is 77.9 Å². The van der Waals surface area contributed by atoms with Crippen molar-refractivity contribution in [2.24, 2.45) is 5.92 Å². The lowest BCUT2D eigenvalue weighted by Crippen LogP contribution is -2.35. The number of amides is 1. The van der Waals surface area contributed by atoms with Crippen LogP contribution in [0.25, 0.3) is 11.0 Å². The van der Waals surface area contributed by atoms with Crippen molar-refractivity contribution in [1.82, 2.24) is 9.97 Å². The van der Waals surface area contributed by atoms with E-state index in [4.69, 9.17) is 14.2 Å². The number of para-hydroxylation sites is 2. The Morgan fingerprint density at radius 3 is 2.24 bits per heavy atom. The van der Waals surface area contributed by atoms with E-state index in [0.29, 0.717) is 51.7 Å². The molecule has 0 spiro atoms. The van der Waals surface area contributed by atoms with Crippen LogP contribution in [0.15, 0.2) is 66.7 Å². The van der Waals surface area contributed by atoms with Gasteiger partial charge in [-0.2, -0.15) is 0 Å². The highest BCUT2D eigenvalue weighted by atomic mass is 19.2. The SMILES string of the molecule is COc1cc2c(cc1OC)N(F)C(c1ccccc1)C(C(=O)Nc1nc3ccccc3nc1OC)CC2. The molecule has 37 heavy (non-hydrogen) atoms. The lowest BCUT2D eigenvalue weighted by molar-refractivity contribution is -0.121. The molecule has 5 rings (SSSR count). The summed E-state index contributed by atoms with van der Waals surface area (Å²) in [5.74, 6) is 0.154. The lowest BCUT2D eigenvalue weighted by atomic mass is 9.88. The van der Waals surface area contributed by atoms with Gasteiger partial charge in [-0.3, -0.25) is 4.79 Å². The average Bonchev–Trinajstić information content (AvgIpc) is 3.08. The number of rotatable bonds is 6. The maximum Gasteiger partial charge on any atom is 0.258 e. The molecule has 1 N–H and O–H groups in total. The Morgan fingerprint density at radius 2 is 1.57 bits per heavy atom. The number of methoxy groups -OCH3 is 3. The molecule has 2 atom stereocenters. The fourth-order valence-electron chi connectivity index (χ4n) is 4.79. The number of ether oxygens (including phenoxy) is 3. The van der Waals surface area contributed by atoms with Crippen LogP contribution in [-0.2, 0) is 11.2 Å². The highest BCUT2D eigenvalue weighted by Crippen LogP contribution is 2.45. The predicted octanol–water partition coefficient (Wildman–Crippen LogP) is 5.29. The van der Waals surface area contributed by atoms with Crippen molar-refractivity contribution < 1.29 is 23.5 Å². The quantitative estimate of drug-likeness (QED) is 0.359. The second kappa shape index (κ2) is 10.3. The van der Waals surface area contributed by atoms with E-state index in [1.54, 1.807) is 18.2 Å². The van der Waals surface area contributed by atoms with Crippen molar-refractivity contribution in [3.8, 4) is 17.4 Å². The second-order valence-electron chi connectivity index (χ2n) is 8.71. The zero-order chi connectivity index (χ0) is 25.9. The van der Waals surface area contributed by atoms with Crippen molar-refractivity contribution in [1.29, 1.82) is 0 Å². The van der Waals surface area contributed by atoms with Crippen LogP contribution in [-0.4, -0.2) is 37.2 Å². The normalized spacial score (nSPS) is 17.0. The van der Waals surface area contributed by atoms with E-state index in [1.807, 2.05) is 48.5 Å². The summed E-state index contributed by atoms with van der Waals surface area (Å²) in [6, 6.07) is 18.9. The van der Waals surface area contributed by atoms with Crippen LogP contribution in [0.4, 0.5) is 16.0 Å². The van der Waals surface area contributed by atoms with Gasteiger partial charge in [-0.25, -0.2) is 15.1 Å². The zero-order valence-electron chi connectivity index (χ0n) is 20.8. The topological polar surface area (TPSA) is 85.8 Å². The van der Waals surface area contributed by atoms with Gasteiger partial charge in [-0.15, -0.1) is 0 Å². The number of benzene rings is 3. The zero-order valence-corrected chi connectivity index (χ0v) is 20.8. The molecule has 0 aliphatic carbocycles. The largest absolute Gasteiger partial charge is 0.493 e. The first-order valence-electron chi connectivity index (χ1n) is 11.9. The third kappa shape index (κ3) is 4.60. The number of fused-ring (bicyclic) bond motifs is 2. The lowest BCUT2D eigenvalue weighted by Gasteiger charge is -2.30. The molecule has 1 aliphatic rings. The summed E-state index contributed by atoms with van der Waals surface area (Å²) in [6.07, 6.45) is 0.843. The van der Waals surface area contributed by atoms with Crippen LogP contribution in [0.1, 0.15) is 23.6 Å². The van der Waals surface area contributed by atoms with Gasteiger partial charge in [0.2, 0.25) is 5.91 Å². The fourth-order valence-corrected chi connectivity index (χ4v) is 4.79. The van der Waals surface area contributed by atoms with Crippen molar-refractivity contribution in [2.45, 2.75) is 18.9 Å². The molecule has 0 radical (unpaired) electrons. The van der Waals surface area contributed by atoms with Gasteiger partial charge in [-0.1, -0.05) is 46.9 Å². The van der Waals surface area contributed by atoms with Crippen LogP contribution in [0.2, 0.25) is 0 Å². The predicted molar refractivity (Wildman–Crippen MR) is 139 cm³/mol. The molecule has 2 heterocycles. The second-order valence-corrected chi connectivity index (χ2v) is 8.71. The Balaban J connectivity index is 1.55. The number of nitrogens with zero attached hydrogens (tertiary/aromatic N) is 3. The Kier molecular flexibility index (Phi) is 6.76. The van der Waals surface area contributed by atoms with Crippen LogP contribution in [0, 0.1) is 5.92 Å². The third-order valence-electron chi connectivity index (χ3n) is 6.62. The van der Waals surface area contributed by atoms with E-state index in [9.17, 15) is 4.79 Å². The summed E-state index contributed by atoms with van der Waals surface area (Å²) in [7, 11) is 4.51. The maximum atomic E-state index is 16.3. The van der Waals surface area contributed by atoms with Gasteiger partial charge in [0.25, 0.3) is 5.88 Å². The molecular weight excluding hydrogens is 475 g/mol. The number of aromatic nitrogens is 2. The van der Waals surface area contributed by atoms with Crippen LogP contribution in [0.5, 0.6) is 17.4 Å². The molecular formula is C28H27FN4O4. The Hall–Kier alpha value is -4.40. The molecule has 0 bridgehead atoms. The van der Waals surface area contributed by atoms with Crippen LogP contribution < -0.4 is 24.6 Å². The molecule has 0 fully saturated rings. The minimum atomic E-state index is -0.889. The summed E-state index contributed by atoms with van der Waals surface area (Å²) in [6.45, 7) is 0. The third-order valence-corrected chi connectivity index (χ3v) is 6.62. The van der Waals surface area contributed by atoms with Gasteiger partial charge in [0.1, 0.15) is 0 Å². The van der Waals surface area contributed by atoms with Crippen LogP contribution in [0.3, 0.4) is 0 Å².